The average molecular weight is 445 g/mol. The topological polar surface area (TPSA) is 66.0 Å². The molecule has 0 fully saturated rings. The van der Waals surface area contributed by atoms with Gasteiger partial charge >= 0.3 is 6.18 Å². The number of methoxy groups -OCH3 is 1. The number of nitrogens with zero attached hydrogens (tertiary/aromatic N) is 4. The molecule has 27 heavy (non-hydrogen) atoms. The highest BCUT2D eigenvalue weighted by molar-refractivity contribution is 9.10. The highest BCUT2D eigenvalue weighted by Crippen LogP contribution is 2.35. The molecular weight excluding hydrogens is 429 g/mol. The Morgan fingerprint density at radius 1 is 1.15 bits per heavy atom. The zero-order chi connectivity index (χ0) is 19.6. The van der Waals surface area contributed by atoms with Crippen LogP contribution >= 0.6 is 15.9 Å². The van der Waals surface area contributed by atoms with Crippen LogP contribution < -0.4 is 4.74 Å². The van der Waals surface area contributed by atoms with Gasteiger partial charge in [0.15, 0.2) is 5.69 Å². The van der Waals surface area contributed by atoms with Gasteiger partial charge in [-0.1, -0.05) is 12.1 Å². The summed E-state index contributed by atoms with van der Waals surface area (Å²) in [4.78, 5) is 0. The van der Waals surface area contributed by atoms with Gasteiger partial charge in [-0.05, 0) is 40.5 Å². The summed E-state index contributed by atoms with van der Waals surface area (Å²) in [5.74, 6) is 1.53. The molecule has 2 aromatic heterocycles. The van der Waals surface area contributed by atoms with Crippen LogP contribution in [0.25, 0.3) is 0 Å². The highest BCUT2D eigenvalue weighted by Gasteiger charge is 2.37. The lowest BCUT2D eigenvalue weighted by molar-refractivity contribution is -0.142. The van der Waals surface area contributed by atoms with E-state index < -0.39 is 11.9 Å². The lowest BCUT2D eigenvalue weighted by Gasteiger charge is -2.02. The van der Waals surface area contributed by atoms with Crippen molar-refractivity contribution in [1.29, 1.82) is 0 Å². The van der Waals surface area contributed by atoms with Crippen LogP contribution in [0, 0.1) is 6.92 Å². The van der Waals surface area contributed by atoms with Gasteiger partial charge in [-0.2, -0.15) is 18.3 Å². The Bertz CT molecular complexity index is 919. The number of hydrogen-bond acceptors (Lipinski definition) is 5. The molecule has 2 heterocycles. The van der Waals surface area contributed by atoms with Crippen LogP contribution in [-0.2, 0) is 25.6 Å². The summed E-state index contributed by atoms with van der Waals surface area (Å²) in [5.41, 5.74) is 0.429. The minimum Gasteiger partial charge on any atom is -0.497 e. The number of halogens is 4. The third kappa shape index (κ3) is 4.49. The molecule has 0 aliphatic rings. The molecule has 0 bridgehead atoms. The fraction of sp³-hybridized carbons (Fsp3) is 0.353. The van der Waals surface area contributed by atoms with E-state index in [1.165, 1.54) is 4.68 Å². The Balaban J connectivity index is 1.64. The lowest BCUT2D eigenvalue weighted by atomic mass is 10.1. The Hall–Kier alpha value is -2.36. The highest BCUT2D eigenvalue weighted by atomic mass is 79.9. The van der Waals surface area contributed by atoms with E-state index in [0.29, 0.717) is 23.9 Å². The van der Waals surface area contributed by atoms with E-state index in [1.54, 1.807) is 14.0 Å². The monoisotopic (exact) mass is 444 g/mol. The van der Waals surface area contributed by atoms with Gasteiger partial charge in [0.05, 0.1) is 23.7 Å². The maximum atomic E-state index is 12.9. The minimum absolute atomic E-state index is 0.0549. The van der Waals surface area contributed by atoms with Crippen molar-refractivity contribution in [3.63, 3.8) is 0 Å². The average Bonchev–Trinajstić information content (AvgIpc) is 3.19. The van der Waals surface area contributed by atoms with Crippen LogP contribution in [0.3, 0.4) is 0 Å². The first-order chi connectivity index (χ1) is 12.8. The summed E-state index contributed by atoms with van der Waals surface area (Å²) in [5, 5.41) is 11.6. The van der Waals surface area contributed by atoms with Gasteiger partial charge in [0.25, 0.3) is 0 Å². The maximum absolute atomic E-state index is 12.9. The second kappa shape index (κ2) is 7.71. The van der Waals surface area contributed by atoms with Crippen molar-refractivity contribution in [2.24, 2.45) is 0 Å². The van der Waals surface area contributed by atoms with Gasteiger partial charge in [-0.15, -0.1) is 10.2 Å². The van der Waals surface area contributed by atoms with Crippen LogP contribution in [0.4, 0.5) is 13.2 Å². The van der Waals surface area contributed by atoms with Crippen LogP contribution in [0.15, 0.2) is 33.2 Å². The zero-order valence-corrected chi connectivity index (χ0v) is 16.1. The van der Waals surface area contributed by atoms with E-state index in [4.69, 9.17) is 9.15 Å². The van der Waals surface area contributed by atoms with E-state index in [-0.39, 0.29) is 17.4 Å². The van der Waals surface area contributed by atoms with Crippen LogP contribution in [0.2, 0.25) is 0 Å². The van der Waals surface area contributed by atoms with E-state index in [9.17, 15) is 13.2 Å². The van der Waals surface area contributed by atoms with Gasteiger partial charge in [0.1, 0.15) is 5.75 Å². The summed E-state index contributed by atoms with van der Waals surface area (Å²) in [6, 6.07) is 7.46. The summed E-state index contributed by atoms with van der Waals surface area (Å²) in [6.07, 6.45) is -3.77. The molecule has 1 aromatic carbocycles. The van der Waals surface area contributed by atoms with Crippen molar-refractivity contribution in [1.82, 2.24) is 20.0 Å². The Morgan fingerprint density at radius 3 is 2.41 bits per heavy atom. The molecule has 0 aliphatic carbocycles. The number of alkyl halides is 3. The largest absolute Gasteiger partial charge is 0.497 e. The van der Waals surface area contributed by atoms with Gasteiger partial charge in [-0.3, -0.25) is 4.68 Å². The number of hydrogen-bond donors (Lipinski definition) is 0. The van der Waals surface area contributed by atoms with Gasteiger partial charge < -0.3 is 9.15 Å². The molecule has 0 amide bonds. The predicted octanol–water partition coefficient (Wildman–Crippen LogP) is 4.20. The van der Waals surface area contributed by atoms with Gasteiger partial charge in [0.2, 0.25) is 11.8 Å². The van der Waals surface area contributed by atoms with Crippen LogP contribution in [0.1, 0.15) is 28.7 Å². The summed E-state index contributed by atoms with van der Waals surface area (Å²) in [7, 11) is 1.59. The number of aromatic nitrogens is 4. The number of ether oxygens (including phenoxy) is 1. The molecule has 0 atom stereocenters. The molecule has 0 N–H and O–H groups in total. The van der Waals surface area contributed by atoms with E-state index in [1.807, 2.05) is 24.3 Å². The molecule has 144 valence electrons. The molecule has 6 nitrogen and oxygen atoms in total. The second-order valence-electron chi connectivity index (χ2n) is 5.83. The van der Waals surface area contributed by atoms with Gasteiger partial charge in [0, 0.05) is 13.0 Å². The van der Waals surface area contributed by atoms with Crippen molar-refractivity contribution in [2.45, 2.75) is 32.5 Å². The fourth-order valence-electron chi connectivity index (χ4n) is 2.50. The fourth-order valence-corrected chi connectivity index (χ4v) is 3.01. The first-order valence-corrected chi connectivity index (χ1v) is 8.81. The molecule has 0 radical (unpaired) electrons. The second-order valence-corrected chi connectivity index (χ2v) is 6.63. The normalized spacial score (nSPS) is 11.8. The Kier molecular flexibility index (Phi) is 5.54. The molecule has 0 aliphatic heterocycles. The third-order valence-electron chi connectivity index (χ3n) is 3.96. The van der Waals surface area contributed by atoms with Crippen molar-refractivity contribution < 1.29 is 22.3 Å². The first-order valence-electron chi connectivity index (χ1n) is 8.02. The van der Waals surface area contributed by atoms with Crippen molar-refractivity contribution in [3.05, 3.63) is 57.5 Å². The van der Waals surface area contributed by atoms with Crippen molar-refractivity contribution in [2.75, 3.05) is 7.11 Å². The molecule has 3 aromatic rings. The Labute approximate surface area is 161 Å². The number of benzene rings is 1. The molecular formula is C17H16BrF3N4O2. The first kappa shape index (κ1) is 19.4. The molecule has 0 spiro atoms. The van der Waals surface area contributed by atoms with E-state index in [0.717, 1.165) is 11.3 Å². The van der Waals surface area contributed by atoms with E-state index in [2.05, 4.69) is 31.2 Å². The van der Waals surface area contributed by atoms with Crippen LogP contribution in [0.5, 0.6) is 5.75 Å². The minimum atomic E-state index is -4.51. The molecule has 3 rings (SSSR count). The summed E-state index contributed by atoms with van der Waals surface area (Å²) < 4.78 is 50.6. The molecule has 0 unspecified atom stereocenters. The van der Waals surface area contributed by atoms with Crippen molar-refractivity contribution >= 4 is 15.9 Å². The number of aryl methyl sites for hydroxylation is 2. The van der Waals surface area contributed by atoms with Crippen molar-refractivity contribution in [3.8, 4) is 5.75 Å². The standard InChI is InChI=1S/C17H16BrF3N4O2/c1-10-15(18)16(17(19,20)21)24-25(10)8-7-13-22-23-14(27-13)9-11-3-5-12(26-2)6-4-11/h3-6H,7-9H2,1-2H3. The summed E-state index contributed by atoms with van der Waals surface area (Å²) >= 11 is 2.95. The summed E-state index contributed by atoms with van der Waals surface area (Å²) in [6.45, 7) is 1.76. The van der Waals surface area contributed by atoms with Gasteiger partial charge in [-0.25, -0.2) is 0 Å². The molecule has 0 saturated carbocycles. The molecule has 10 heteroatoms. The smallest absolute Gasteiger partial charge is 0.436 e. The molecule has 0 saturated heterocycles. The predicted molar refractivity (Wildman–Crippen MR) is 93.5 cm³/mol. The third-order valence-corrected chi connectivity index (χ3v) is 4.91. The lowest BCUT2D eigenvalue weighted by Crippen LogP contribution is -2.10. The number of rotatable bonds is 6. The SMILES string of the molecule is COc1ccc(Cc2nnc(CCn3nc(C(F)(F)F)c(Br)c3C)o2)cc1. The van der Waals surface area contributed by atoms with Crippen LogP contribution in [-0.4, -0.2) is 27.1 Å². The Morgan fingerprint density at radius 2 is 1.81 bits per heavy atom. The van der Waals surface area contributed by atoms with E-state index >= 15 is 0 Å². The maximum Gasteiger partial charge on any atom is 0.436 e. The quantitative estimate of drug-likeness (QED) is 0.569. The zero-order valence-electron chi connectivity index (χ0n) is 14.5.